The van der Waals surface area contributed by atoms with Crippen LogP contribution in [0.15, 0.2) is 0 Å². The highest BCUT2D eigenvalue weighted by atomic mass is 19.4. The van der Waals surface area contributed by atoms with Gasteiger partial charge in [-0.25, -0.2) is 18.5 Å². The largest absolute Gasteiger partial charge is 0.481 e. The molecule has 30 heavy (non-hydrogen) atoms. The summed E-state index contributed by atoms with van der Waals surface area (Å²) in [5.74, 6) is -9.97. The minimum atomic E-state index is -4.65. The Morgan fingerprint density at radius 2 is 1.80 bits per heavy atom. The maximum Gasteiger partial charge on any atom is 0.416 e. The number of rotatable bonds is 7. The van der Waals surface area contributed by atoms with E-state index in [0.717, 1.165) is 0 Å². The average Bonchev–Trinajstić information content (AvgIpc) is 2.99. The van der Waals surface area contributed by atoms with E-state index in [2.05, 4.69) is 0 Å². The second kappa shape index (κ2) is 9.05. The fourth-order valence-corrected chi connectivity index (χ4v) is 4.26. The number of cyclic esters (lactones) is 1. The van der Waals surface area contributed by atoms with Crippen molar-refractivity contribution in [2.75, 3.05) is 6.61 Å². The molecule has 6 nitrogen and oxygen atoms in total. The van der Waals surface area contributed by atoms with Crippen LogP contribution in [-0.2, 0) is 14.3 Å². The summed E-state index contributed by atoms with van der Waals surface area (Å²) in [6.07, 6.45) is -9.59. The van der Waals surface area contributed by atoms with Gasteiger partial charge in [-0.1, -0.05) is 13.8 Å². The molecule has 11 heteroatoms. The summed E-state index contributed by atoms with van der Waals surface area (Å²) in [5.41, 5.74) is 0. The van der Waals surface area contributed by atoms with Crippen molar-refractivity contribution in [1.29, 1.82) is 0 Å². The number of aliphatic carboxylic acids is 1. The number of amides is 2. The molecular formula is C19H26F5NO5. The Morgan fingerprint density at radius 1 is 1.23 bits per heavy atom. The molecule has 3 atom stereocenters. The Bertz CT molecular complexity index is 656. The molecule has 2 rings (SSSR count). The van der Waals surface area contributed by atoms with E-state index < -0.39 is 79.5 Å². The molecule has 3 unspecified atom stereocenters. The van der Waals surface area contributed by atoms with Gasteiger partial charge in [0.1, 0.15) is 6.61 Å². The summed E-state index contributed by atoms with van der Waals surface area (Å²) in [7, 11) is 0. The number of alkyl halides is 5. The third-order valence-corrected chi connectivity index (χ3v) is 5.96. The quantitative estimate of drug-likeness (QED) is 0.587. The van der Waals surface area contributed by atoms with Crippen molar-refractivity contribution in [3.8, 4) is 0 Å². The van der Waals surface area contributed by atoms with E-state index in [1.54, 1.807) is 13.8 Å². The first kappa shape index (κ1) is 24.3. The maximum atomic E-state index is 13.5. The van der Waals surface area contributed by atoms with Crippen LogP contribution in [0.25, 0.3) is 0 Å². The third-order valence-electron chi connectivity index (χ3n) is 5.96. The molecule has 1 N–H and O–H groups in total. The van der Waals surface area contributed by atoms with Gasteiger partial charge in [-0.2, -0.15) is 13.2 Å². The molecule has 1 aliphatic heterocycles. The van der Waals surface area contributed by atoms with E-state index in [0.29, 0.717) is 4.90 Å². The van der Waals surface area contributed by atoms with Gasteiger partial charge in [-0.3, -0.25) is 9.59 Å². The van der Waals surface area contributed by atoms with Gasteiger partial charge >= 0.3 is 18.2 Å². The number of nitrogens with zero attached hydrogens (tertiary/aromatic N) is 1. The van der Waals surface area contributed by atoms with Crippen LogP contribution in [0.3, 0.4) is 0 Å². The van der Waals surface area contributed by atoms with Crippen LogP contribution >= 0.6 is 0 Å². The molecule has 172 valence electrons. The number of imide groups is 1. The SMILES string of the molecule is CC(C)C1COC(=O)N1C(=O)C(CCC(F)(F)F)C(C(=O)O)C1CCC(F)(F)CC1. The van der Waals surface area contributed by atoms with Gasteiger partial charge in [0.25, 0.3) is 0 Å². The number of carboxylic acid groups (broad SMARTS) is 1. The lowest BCUT2D eigenvalue weighted by molar-refractivity contribution is -0.160. The highest BCUT2D eigenvalue weighted by Gasteiger charge is 2.50. The van der Waals surface area contributed by atoms with Crippen LogP contribution in [-0.4, -0.2) is 52.7 Å². The Kier molecular flexibility index (Phi) is 7.34. The second-order valence-corrected chi connectivity index (χ2v) is 8.41. The number of carbonyl (C=O) groups is 3. The molecule has 1 saturated carbocycles. The predicted molar refractivity (Wildman–Crippen MR) is 93.6 cm³/mol. The minimum absolute atomic E-state index is 0.137. The van der Waals surface area contributed by atoms with E-state index in [1.807, 2.05) is 0 Å². The van der Waals surface area contributed by atoms with E-state index in [9.17, 15) is 41.4 Å². The zero-order chi connectivity index (χ0) is 22.9. The number of halogens is 5. The fourth-order valence-electron chi connectivity index (χ4n) is 4.26. The van der Waals surface area contributed by atoms with Gasteiger partial charge in [-0.15, -0.1) is 0 Å². The Hall–Kier alpha value is -1.94. The molecule has 0 radical (unpaired) electrons. The highest BCUT2D eigenvalue weighted by molar-refractivity contribution is 5.96. The molecule has 0 bridgehead atoms. The highest BCUT2D eigenvalue weighted by Crippen LogP contribution is 2.43. The minimum Gasteiger partial charge on any atom is -0.481 e. The zero-order valence-corrected chi connectivity index (χ0v) is 16.8. The molecule has 0 spiro atoms. The molecule has 2 fully saturated rings. The molecule has 0 aromatic carbocycles. The van der Waals surface area contributed by atoms with Crippen LogP contribution in [0, 0.1) is 23.7 Å². The summed E-state index contributed by atoms with van der Waals surface area (Å²) >= 11 is 0. The summed E-state index contributed by atoms with van der Waals surface area (Å²) < 4.78 is 70.5. The summed E-state index contributed by atoms with van der Waals surface area (Å²) in [4.78, 5) is 37.9. The molecule has 1 saturated heterocycles. The predicted octanol–water partition coefficient (Wildman–Crippen LogP) is 4.47. The first-order valence-corrected chi connectivity index (χ1v) is 9.90. The molecule has 2 aliphatic rings. The normalized spacial score (nSPS) is 24.6. The number of hydrogen-bond acceptors (Lipinski definition) is 4. The Labute approximate surface area is 170 Å². The first-order valence-electron chi connectivity index (χ1n) is 9.90. The summed E-state index contributed by atoms with van der Waals surface area (Å²) in [6, 6.07) is -0.733. The van der Waals surface area contributed by atoms with Gasteiger partial charge < -0.3 is 9.84 Å². The van der Waals surface area contributed by atoms with Crippen LogP contribution in [0.5, 0.6) is 0 Å². The lowest BCUT2D eigenvalue weighted by Gasteiger charge is -2.36. The standard InChI is InChI=1S/C19H26F5NO5/c1-10(2)13-9-30-17(29)25(13)15(26)12(5-8-19(22,23)24)14(16(27)28)11-3-6-18(20,21)7-4-11/h10-14H,3-9H2,1-2H3,(H,27,28). The van der Waals surface area contributed by atoms with Crippen LogP contribution < -0.4 is 0 Å². The molecule has 1 heterocycles. The number of carbonyl (C=O) groups excluding carboxylic acids is 2. The molecular weight excluding hydrogens is 417 g/mol. The van der Waals surface area contributed by atoms with Crippen molar-refractivity contribution in [2.45, 2.75) is 70.5 Å². The second-order valence-electron chi connectivity index (χ2n) is 8.41. The van der Waals surface area contributed by atoms with Gasteiger partial charge in [0.15, 0.2) is 0 Å². The topological polar surface area (TPSA) is 83.9 Å². The van der Waals surface area contributed by atoms with E-state index in [-0.39, 0.29) is 25.4 Å². The van der Waals surface area contributed by atoms with Crippen molar-refractivity contribution in [1.82, 2.24) is 4.90 Å². The van der Waals surface area contributed by atoms with Crippen molar-refractivity contribution in [3.05, 3.63) is 0 Å². The van der Waals surface area contributed by atoms with E-state index in [4.69, 9.17) is 4.74 Å². The maximum absolute atomic E-state index is 13.5. The van der Waals surface area contributed by atoms with E-state index in [1.165, 1.54) is 0 Å². The van der Waals surface area contributed by atoms with Gasteiger partial charge in [0, 0.05) is 19.3 Å². The van der Waals surface area contributed by atoms with Crippen molar-refractivity contribution < 1.29 is 46.2 Å². The average molecular weight is 443 g/mol. The van der Waals surface area contributed by atoms with Gasteiger partial charge in [-0.05, 0) is 31.1 Å². The molecule has 2 amide bonds. The number of hydrogen-bond donors (Lipinski definition) is 1. The van der Waals surface area contributed by atoms with Gasteiger partial charge in [0.05, 0.1) is 17.9 Å². The third kappa shape index (κ3) is 5.81. The van der Waals surface area contributed by atoms with Crippen LogP contribution in [0.4, 0.5) is 26.7 Å². The smallest absolute Gasteiger partial charge is 0.416 e. The summed E-state index contributed by atoms with van der Waals surface area (Å²) in [5, 5.41) is 9.73. The monoisotopic (exact) mass is 443 g/mol. The fraction of sp³-hybridized carbons (Fsp3) is 0.842. The van der Waals surface area contributed by atoms with Crippen LogP contribution in [0.1, 0.15) is 52.4 Å². The lowest BCUT2D eigenvalue weighted by atomic mass is 9.71. The van der Waals surface area contributed by atoms with Crippen molar-refractivity contribution in [2.24, 2.45) is 23.7 Å². The molecule has 0 aromatic heterocycles. The Morgan fingerprint density at radius 3 is 2.27 bits per heavy atom. The zero-order valence-electron chi connectivity index (χ0n) is 16.8. The summed E-state index contributed by atoms with van der Waals surface area (Å²) in [6.45, 7) is 3.24. The van der Waals surface area contributed by atoms with Gasteiger partial charge in [0.2, 0.25) is 11.8 Å². The molecule has 0 aromatic rings. The molecule has 1 aliphatic carbocycles. The van der Waals surface area contributed by atoms with Crippen molar-refractivity contribution in [3.63, 3.8) is 0 Å². The van der Waals surface area contributed by atoms with Crippen LogP contribution in [0.2, 0.25) is 0 Å². The lowest BCUT2D eigenvalue weighted by Crippen LogP contribution is -2.49. The van der Waals surface area contributed by atoms with Crippen molar-refractivity contribution >= 4 is 18.0 Å². The number of carboxylic acids is 1. The first-order chi connectivity index (χ1) is 13.7. The van der Waals surface area contributed by atoms with E-state index >= 15 is 0 Å². The number of ether oxygens (including phenoxy) is 1. The Balaban J connectivity index is 2.35.